The van der Waals surface area contributed by atoms with Crippen molar-refractivity contribution >= 4 is 23.5 Å². The first-order valence-electron chi connectivity index (χ1n) is 6.85. The maximum atomic E-state index is 13.0. The molecule has 0 unspecified atom stereocenters. The van der Waals surface area contributed by atoms with Crippen LogP contribution in [0, 0.1) is 17.1 Å². The first-order valence-corrected chi connectivity index (χ1v) is 6.85. The molecule has 0 aliphatic carbocycles. The van der Waals surface area contributed by atoms with Gasteiger partial charge in [0, 0.05) is 0 Å². The standard InChI is InChI=1S/C17H9FN2O4/c18-11-2-4-12(5-3-11)20-15(21)13-6-1-10(9-14(13)16(20)22)17(23)24-8-7-19/h1-6,9H,8H2. The van der Waals surface area contributed by atoms with E-state index in [0.717, 1.165) is 17.0 Å². The Balaban J connectivity index is 1.96. The van der Waals surface area contributed by atoms with E-state index < -0.39 is 30.2 Å². The predicted molar refractivity (Wildman–Crippen MR) is 79.9 cm³/mol. The van der Waals surface area contributed by atoms with Crippen molar-refractivity contribution in [1.82, 2.24) is 0 Å². The van der Waals surface area contributed by atoms with E-state index in [9.17, 15) is 18.8 Å². The van der Waals surface area contributed by atoms with E-state index in [1.165, 1.54) is 30.3 Å². The van der Waals surface area contributed by atoms with Gasteiger partial charge in [0.25, 0.3) is 11.8 Å². The Morgan fingerprint density at radius 1 is 1.08 bits per heavy atom. The number of benzene rings is 2. The third kappa shape index (κ3) is 2.50. The molecule has 0 spiro atoms. The van der Waals surface area contributed by atoms with Crippen LogP contribution in [-0.4, -0.2) is 24.4 Å². The van der Waals surface area contributed by atoms with E-state index in [4.69, 9.17) is 5.26 Å². The van der Waals surface area contributed by atoms with Crippen molar-refractivity contribution in [2.45, 2.75) is 0 Å². The normalized spacial score (nSPS) is 12.8. The molecule has 118 valence electrons. The molecule has 0 bridgehead atoms. The van der Waals surface area contributed by atoms with Gasteiger partial charge in [-0.05, 0) is 42.5 Å². The molecule has 0 atom stereocenters. The van der Waals surface area contributed by atoms with E-state index in [1.54, 1.807) is 6.07 Å². The van der Waals surface area contributed by atoms with Gasteiger partial charge in [0.1, 0.15) is 11.9 Å². The molecule has 0 saturated carbocycles. The number of imide groups is 1. The largest absolute Gasteiger partial charge is 0.447 e. The number of ether oxygens (including phenoxy) is 1. The molecule has 0 radical (unpaired) electrons. The fourth-order valence-electron chi connectivity index (χ4n) is 2.37. The van der Waals surface area contributed by atoms with Crippen molar-refractivity contribution in [3.8, 4) is 6.07 Å². The van der Waals surface area contributed by atoms with Crippen molar-refractivity contribution in [2.24, 2.45) is 0 Å². The SMILES string of the molecule is N#CCOC(=O)c1ccc2c(c1)C(=O)N(c1ccc(F)cc1)C2=O. The lowest BCUT2D eigenvalue weighted by atomic mass is 10.1. The predicted octanol–water partition coefficient (Wildman–Crippen LogP) is 2.31. The highest BCUT2D eigenvalue weighted by molar-refractivity contribution is 6.34. The highest BCUT2D eigenvalue weighted by atomic mass is 19.1. The summed E-state index contributed by atoms with van der Waals surface area (Å²) in [5.41, 5.74) is 0.485. The minimum absolute atomic E-state index is 0.0516. The number of halogens is 1. The number of anilines is 1. The lowest BCUT2D eigenvalue weighted by molar-refractivity contribution is 0.0554. The molecule has 1 aliphatic rings. The van der Waals surface area contributed by atoms with Gasteiger partial charge in [-0.25, -0.2) is 14.1 Å². The molecule has 2 amide bonds. The quantitative estimate of drug-likeness (QED) is 0.638. The van der Waals surface area contributed by atoms with E-state index >= 15 is 0 Å². The van der Waals surface area contributed by atoms with Gasteiger partial charge in [-0.2, -0.15) is 5.26 Å². The number of carbonyl (C=O) groups excluding carboxylic acids is 3. The average Bonchev–Trinajstić information content (AvgIpc) is 2.84. The number of fused-ring (bicyclic) bond motifs is 1. The second-order valence-electron chi connectivity index (χ2n) is 4.92. The fraction of sp³-hybridized carbons (Fsp3) is 0.0588. The summed E-state index contributed by atoms with van der Waals surface area (Å²) in [5.74, 6) is -2.42. The third-order valence-corrected chi connectivity index (χ3v) is 3.47. The number of nitrogens with zero attached hydrogens (tertiary/aromatic N) is 2. The Bertz CT molecular complexity index is 900. The van der Waals surface area contributed by atoms with Crippen LogP contribution in [0.25, 0.3) is 0 Å². The van der Waals surface area contributed by atoms with Gasteiger partial charge in [0.15, 0.2) is 6.61 Å². The zero-order valence-electron chi connectivity index (χ0n) is 12.2. The molecule has 1 heterocycles. The molecular weight excluding hydrogens is 315 g/mol. The summed E-state index contributed by atoms with van der Waals surface area (Å²) in [6.45, 7) is -0.412. The van der Waals surface area contributed by atoms with Crippen molar-refractivity contribution in [1.29, 1.82) is 5.26 Å². The van der Waals surface area contributed by atoms with Gasteiger partial charge >= 0.3 is 5.97 Å². The van der Waals surface area contributed by atoms with Crippen LogP contribution >= 0.6 is 0 Å². The highest BCUT2D eigenvalue weighted by Gasteiger charge is 2.37. The Morgan fingerprint density at radius 2 is 1.75 bits per heavy atom. The number of esters is 1. The Hall–Kier alpha value is -3.53. The molecule has 0 N–H and O–H groups in total. The van der Waals surface area contributed by atoms with Crippen LogP contribution < -0.4 is 4.90 Å². The van der Waals surface area contributed by atoms with Crippen molar-refractivity contribution < 1.29 is 23.5 Å². The lowest BCUT2D eigenvalue weighted by Crippen LogP contribution is -2.29. The summed E-state index contributed by atoms with van der Waals surface area (Å²) in [4.78, 5) is 37.6. The second-order valence-corrected chi connectivity index (χ2v) is 4.92. The molecule has 3 rings (SSSR count). The van der Waals surface area contributed by atoms with Gasteiger partial charge in [-0.15, -0.1) is 0 Å². The van der Waals surface area contributed by atoms with Gasteiger partial charge < -0.3 is 4.74 Å². The maximum Gasteiger partial charge on any atom is 0.339 e. The summed E-state index contributed by atoms with van der Waals surface area (Å²) in [5, 5.41) is 8.41. The van der Waals surface area contributed by atoms with Crippen LogP contribution in [0.4, 0.5) is 10.1 Å². The monoisotopic (exact) mass is 324 g/mol. The van der Waals surface area contributed by atoms with Gasteiger partial charge in [0.2, 0.25) is 0 Å². The fourth-order valence-corrected chi connectivity index (χ4v) is 2.37. The molecule has 2 aromatic rings. The number of hydrogen-bond donors (Lipinski definition) is 0. The minimum Gasteiger partial charge on any atom is -0.447 e. The number of nitriles is 1. The first kappa shape index (κ1) is 15.4. The number of amides is 2. The molecule has 2 aromatic carbocycles. The number of hydrogen-bond acceptors (Lipinski definition) is 5. The molecule has 6 nitrogen and oxygen atoms in total. The van der Waals surface area contributed by atoms with Crippen molar-refractivity contribution in [3.63, 3.8) is 0 Å². The summed E-state index contributed by atoms with van der Waals surface area (Å²) in [6, 6.07) is 10.5. The molecule has 1 aliphatic heterocycles. The van der Waals surface area contributed by atoms with Crippen LogP contribution in [0.15, 0.2) is 42.5 Å². The summed E-state index contributed by atoms with van der Waals surface area (Å²) in [7, 11) is 0. The Labute approximate surface area is 135 Å². The minimum atomic E-state index is -0.764. The number of rotatable bonds is 3. The molecule has 7 heteroatoms. The van der Waals surface area contributed by atoms with Gasteiger partial charge in [-0.3, -0.25) is 9.59 Å². The third-order valence-electron chi connectivity index (χ3n) is 3.47. The Morgan fingerprint density at radius 3 is 2.42 bits per heavy atom. The first-order chi connectivity index (χ1) is 11.5. The highest BCUT2D eigenvalue weighted by Crippen LogP contribution is 2.29. The molecule has 24 heavy (non-hydrogen) atoms. The van der Waals surface area contributed by atoms with Crippen LogP contribution in [0.5, 0.6) is 0 Å². The van der Waals surface area contributed by atoms with E-state index in [-0.39, 0.29) is 22.4 Å². The van der Waals surface area contributed by atoms with E-state index in [2.05, 4.69) is 4.74 Å². The summed E-state index contributed by atoms with van der Waals surface area (Å²) < 4.78 is 17.7. The zero-order chi connectivity index (χ0) is 17.3. The van der Waals surface area contributed by atoms with E-state index in [0.29, 0.717) is 0 Å². The van der Waals surface area contributed by atoms with Crippen LogP contribution in [0.2, 0.25) is 0 Å². The van der Waals surface area contributed by atoms with Gasteiger partial charge in [-0.1, -0.05) is 0 Å². The van der Waals surface area contributed by atoms with Crippen molar-refractivity contribution in [2.75, 3.05) is 11.5 Å². The van der Waals surface area contributed by atoms with Crippen LogP contribution in [0.3, 0.4) is 0 Å². The molecule has 0 aromatic heterocycles. The van der Waals surface area contributed by atoms with Crippen molar-refractivity contribution in [3.05, 3.63) is 65.0 Å². The summed E-state index contributed by atoms with van der Waals surface area (Å²) in [6.07, 6.45) is 0. The molecular formula is C17H9FN2O4. The molecule has 0 saturated heterocycles. The summed E-state index contributed by atoms with van der Waals surface area (Å²) >= 11 is 0. The zero-order valence-corrected chi connectivity index (χ0v) is 12.2. The topological polar surface area (TPSA) is 87.5 Å². The smallest absolute Gasteiger partial charge is 0.339 e. The second kappa shape index (κ2) is 5.93. The number of carbonyl (C=O) groups is 3. The van der Waals surface area contributed by atoms with Crippen LogP contribution in [0.1, 0.15) is 31.1 Å². The molecule has 0 fully saturated rings. The van der Waals surface area contributed by atoms with Gasteiger partial charge in [0.05, 0.1) is 22.4 Å². The van der Waals surface area contributed by atoms with Crippen LogP contribution in [-0.2, 0) is 4.74 Å². The lowest BCUT2D eigenvalue weighted by Gasteiger charge is -2.13. The maximum absolute atomic E-state index is 13.0. The average molecular weight is 324 g/mol. The van der Waals surface area contributed by atoms with E-state index in [1.807, 2.05) is 0 Å². The Kier molecular flexibility index (Phi) is 3.80.